The highest BCUT2D eigenvalue weighted by Gasteiger charge is 2.18. The first-order chi connectivity index (χ1) is 15.0. The minimum Gasteiger partial charge on any atom is -0.348 e. The fourth-order valence-electron chi connectivity index (χ4n) is 3.31. The Morgan fingerprint density at radius 3 is 2.52 bits per heavy atom. The fourth-order valence-corrected chi connectivity index (χ4v) is 4.04. The molecule has 0 bridgehead atoms. The summed E-state index contributed by atoms with van der Waals surface area (Å²) in [7, 11) is 0. The number of hydrogen-bond donors (Lipinski definition) is 1. The van der Waals surface area contributed by atoms with Crippen LogP contribution in [0.3, 0.4) is 0 Å². The molecule has 0 saturated carbocycles. The van der Waals surface area contributed by atoms with Crippen molar-refractivity contribution in [1.82, 2.24) is 15.1 Å². The molecule has 1 amide bonds. The van der Waals surface area contributed by atoms with Gasteiger partial charge in [0.25, 0.3) is 5.69 Å². The molecular formula is C23H20N4O3S. The van der Waals surface area contributed by atoms with Crippen LogP contribution in [0, 0.1) is 10.1 Å². The largest absolute Gasteiger partial charge is 0.348 e. The van der Waals surface area contributed by atoms with Crippen molar-refractivity contribution in [1.29, 1.82) is 0 Å². The summed E-state index contributed by atoms with van der Waals surface area (Å²) in [4.78, 5) is 24.4. The molecule has 8 heteroatoms. The lowest BCUT2D eigenvalue weighted by atomic mass is 10.1. The highest BCUT2D eigenvalue weighted by atomic mass is 32.1. The van der Waals surface area contributed by atoms with Gasteiger partial charge in [-0.1, -0.05) is 24.3 Å². The molecule has 0 aliphatic heterocycles. The van der Waals surface area contributed by atoms with Crippen LogP contribution in [0.2, 0.25) is 0 Å². The Morgan fingerprint density at radius 2 is 1.87 bits per heavy atom. The number of carbonyl (C=O) groups excluding carboxylic acids is 1. The maximum atomic E-state index is 12.8. The Balaban J connectivity index is 1.64. The Bertz CT molecular complexity index is 1190. The number of para-hydroxylation sites is 1. The minimum atomic E-state index is -0.438. The smallest absolute Gasteiger partial charge is 0.269 e. The molecule has 0 aliphatic rings. The Labute approximate surface area is 183 Å². The van der Waals surface area contributed by atoms with Gasteiger partial charge in [0.05, 0.1) is 28.8 Å². The van der Waals surface area contributed by atoms with Crippen LogP contribution >= 0.6 is 11.3 Å². The van der Waals surface area contributed by atoms with E-state index in [1.54, 1.807) is 28.2 Å². The van der Waals surface area contributed by atoms with E-state index in [4.69, 9.17) is 0 Å². The summed E-state index contributed by atoms with van der Waals surface area (Å²) in [5.41, 5.74) is 2.96. The number of nitro groups is 1. The second kappa shape index (κ2) is 8.93. The summed E-state index contributed by atoms with van der Waals surface area (Å²) in [5.74, 6) is -0.114. The van der Waals surface area contributed by atoms with Crippen molar-refractivity contribution in [3.8, 4) is 16.9 Å². The van der Waals surface area contributed by atoms with Gasteiger partial charge >= 0.3 is 0 Å². The van der Waals surface area contributed by atoms with Crippen LogP contribution in [0.15, 0.2) is 78.3 Å². The van der Waals surface area contributed by atoms with Gasteiger partial charge in [0.1, 0.15) is 0 Å². The fraction of sp³-hybridized carbons (Fsp3) is 0.130. The number of nitrogens with one attached hydrogen (secondary N) is 1. The molecule has 156 valence electrons. The molecule has 1 N–H and O–H groups in total. The van der Waals surface area contributed by atoms with E-state index < -0.39 is 4.92 Å². The van der Waals surface area contributed by atoms with Gasteiger partial charge in [0.15, 0.2) is 0 Å². The third-order valence-electron chi connectivity index (χ3n) is 4.86. The first-order valence-corrected chi connectivity index (χ1v) is 10.6. The molecule has 1 atom stereocenters. The van der Waals surface area contributed by atoms with Crippen LogP contribution < -0.4 is 5.32 Å². The number of benzene rings is 2. The molecule has 4 aromatic rings. The van der Waals surface area contributed by atoms with Gasteiger partial charge in [-0.05, 0) is 42.6 Å². The lowest BCUT2D eigenvalue weighted by molar-refractivity contribution is -0.384. The van der Waals surface area contributed by atoms with Crippen molar-refractivity contribution in [2.75, 3.05) is 0 Å². The van der Waals surface area contributed by atoms with E-state index in [9.17, 15) is 14.9 Å². The van der Waals surface area contributed by atoms with E-state index in [1.807, 2.05) is 61.0 Å². The number of non-ortho nitro benzene ring substituents is 1. The number of amides is 1. The Morgan fingerprint density at radius 1 is 1.13 bits per heavy atom. The Hall–Kier alpha value is -3.78. The molecule has 0 radical (unpaired) electrons. The van der Waals surface area contributed by atoms with Crippen molar-refractivity contribution in [3.63, 3.8) is 0 Å². The molecule has 2 aromatic heterocycles. The lowest BCUT2D eigenvalue weighted by Crippen LogP contribution is -2.27. The zero-order chi connectivity index (χ0) is 21.8. The van der Waals surface area contributed by atoms with Gasteiger partial charge in [-0.15, -0.1) is 11.3 Å². The van der Waals surface area contributed by atoms with Crippen LogP contribution in [0.1, 0.15) is 23.4 Å². The molecule has 0 aliphatic carbocycles. The van der Waals surface area contributed by atoms with E-state index in [2.05, 4.69) is 10.4 Å². The molecule has 0 fully saturated rings. The number of thiophene rings is 1. The topological polar surface area (TPSA) is 90.1 Å². The SMILES string of the molecule is CC(NC(=O)Cc1cn(-c2ccccc2)nc1-c1ccc([N+](=O)[O-])cc1)c1cccs1. The normalized spacial score (nSPS) is 11.8. The number of hydrogen-bond acceptors (Lipinski definition) is 5. The van der Waals surface area contributed by atoms with Crippen molar-refractivity contribution in [2.24, 2.45) is 0 Å². The molecule has 2 aromatic carbocycles. The van der Waals surface area contributed by atoms with Crippen LogP contribution in [0.25, 0.3) is 16.9 Å². The predicted octanol–water partition coefficient (Wildman–Crippen LogP) is 4.93. The molecule has 1 unspecified atom stereocenters. The summed E-state index contributed by atoms with van der Waals surface area (Å²) in [5, 5.41) is 20.7. The third kappa shape index (κ3) is 4.70. The van der Waals surface area contributed by atoms with Crippen molar-refractivity contribution in [3.05, 3.63) is 98.9 Å². The highest BCUT2D eigenvalue weighted by molar-refractivity contribution is 7.10. The van der Waals surface area contributed by atoms with Gasteiger partial charge in [-0.3, -0.25) is 14.9 Å². The van der Waals surface area contributed by atoms with Crippen LogP contribution in [0.5, 0.6) is 0 Å². The number of carbonyl (C=O) groups is 1. The van der Waals surface area contributed by atoms with Gasteiger partial charge in [0, 0.05) is 34.3 Å². The monoisotopic (exact) mass is 432 g/mol. The molecule has 2 heterocycles. The van der Waals surface area contributed by atoms with Crippen molar-refractivity contribution < 1.29 is 9.72 Å². The van der Waals surface area contributed by atoms with Gasteiger partial charge < -0.3 is 5.32 Å². The minimum absolute atomic E-state index is 0.00954. The zero-order valence-electron chi connectivity index (χ0n) is 16.8. The van der Waals surface area contributed by atoms with E-state index >= 15 is 0 Å². The average molecular weight is 433 g/mol. The average Bonchev–Trinajstić information content (AvgIpc) is 3.45. The van der Waals surface area contributed by atoms with Gasteiger partial charge in [-0.2, -0.15) is 5.10 Å². The molecule has 0 spiro atoms. The van der Waals surface area contributed by atoms with Gasteiger partial charge in [-0.25, -0.2) is 4.68 Å². The number of nitrogens with zero attached hydrogens (tertiary/aromatic N) is 3. The summed E-state index contributed by atoms with van der Waals surface area (Å²) >= 11 is 1.60. The lowest BCUT2D eigenvalue weighted by Gasteiger charge is -2.12. The van der Waals surface area contributed by atoms with E-state index in [0.29, 0.717) is 5.69 Å². The maximum absolute atomic E-state index is 12.8. The first-order valence-electron chi connectivity index (χ1n) is 9.73. The number of aromatic nitrogens is 2. The van der Waals surface area contributed by atoms with Crippen LogP contribution in [-0.2, 0) is 11.2 Å². The maximum Gasteiger partial charge on any atom is 0.269 e. The molecule has 7 nitrogen and oxygen atoms in total. The third-order valence-corrected chi connectivity index (χ3v) is 5.92. The number of nitro benzene ring substituents is 1. The van der Waals surface area contributed by atoms with E-state index in [1.165, 1.54) is 12.1 Å². The van der Waals surface area contributed by atoms with Crippen molar-refractivity contribution in [2.45, 2.75) is 19.4 Å². The molecular weight excluding hydrogens is 412 g/mol. The second-order valence-corrected chi connectivity index (χ2v) is 8.05. The summed E-state index contributed by atoms with van der Waals surface area (Å²) in [6.07, 6.45) is 1.98. The highest BCUT2D eigenvalue weighted by Crippen LogP contribution is 2.27. The van der Waals surface area contributed by atoms with Crippen LogP contribution in [0.4, 0.5) is 5.69 Å². The molecule has 31 heavy (non-hydrogen) atoms. The van der Waals surface area contributed by atoms with E-state index in [0.717, 1.165) is 21.7 Å². The predicted molar refractivity (Wildman–Crippen MR) is 120 cm³/mol. The van der Waals surface area contributed by atoms with Crippen LogP contribution in [-0.4, -0.2) is 20.6 Å². The van der Waals surface area contributed by atoms with E-state index in [-0.39, 0.29) is 24.1 Å². The van der Waals surface area contributed by atoms with Crippen molar-refractivity contribution >= 4 is 22.9 Å². The standard InChI is InChI=1S/C23H20N4O3S/c1-16(21-8-5-13-31-21)24-22(28)14-18-15-26(19-6-3-2-4-7-19)25-23(18)17-9-11-20(12-10-17)27(29)30/h2-13,15-16H,14H2,1H3,(H,24,28). The van der Waals surface area contributed by atoms with Gasteiger partial charge in [0.2, 0.25) is 5.91 Å². The molecule has 4 rings (SSSR count). The Kier molecular flexibility index (Phi) is 5.90. The summed E-state index contributed by atoms with van der Waals surface area (Å²) in [6.45, 7) is 1.95. The molecule has 0 saturated heterocycles. The summed E-state index contributed by atoms with van der Waals surface area (Å²) < 4.78 is 1.72. The quantitative estimate of drug-likeness (QED) is 0.331. The summed E-state index contributed by atoms with van der Waals surface area (Å²) in [6, 6.07) is 19.7. The second-order valence-electron chi connectivity index (χ2n) is 7.07. The zero-order valence-corrected chi connectivity index (χ0v) is 17.6. The number of rotatable bonds is 7. The first kappa shape index (κ1) is 20.5.